The highest BCUT2D eigenvalue weighted by Crippen LogP contribution is 2.27. The van der Waals surface area contributed by atoms with Crippen LogP contribution in [0.3, 0.4) is 0 Å². The Bertz CT molecular complexity index is 773. The number of likely N-dealkylation sites (N-methyl/N-ethyl adjacent to an activating group) is 1. The van der Waals surface area contributed by atoms with Crippen molar-refractivity contribution in [3.8, 4) is 0 Å². The second-order valence-electron chi connectivity index (χ2n) is 6.31. The molecule has 0 saturated carbocycles. The molecule has 2 aromatic rings. The van der Waals surface area contributed by atoms with E-state index in [1.807, 2.05) is 24.3 Å². The first kappa shape index (κ1) is 17.0. The number of pyridine rings is 1. The van der Waals surface area contributed by atoms with Gasteiger partial charge in [0.2, 0.25) is 5.91 Å². The Morgan fingerprint density at radius 3 is 2.88 bits per heavy atom. The number of nitrogens with two attached hydrogens (primary N) is 1. The van der Waals surface area contributed by atoms with Crippen LogP contribution in [-0.4, -0.2) is 41.8 Å². The first-order chi connectivity index (χ1) is 12.1. The fourth-order valence-electron chi connectivity index (χ4n) is 3.09. The van der Waals surface area contributed by atoms with E-state index >= 15 is 0 Å². The number of amides is 2. The van der Waals surface area contributed by atoms with Crippen molar-refractivity contribution >= 4 is 17.6 Å². The van der Waals surface area contributed by atoms with Crippen molar-refractivity contribution in [2.24, 2.45) is 0 Å². The third-order valence-corrected chi connectivity index (χ3v) is 4.48. The van der Waals surface area contributed by atoms with Crippen molar-refractivity contribution < 1.29 is 9.59 Å². The summed E-state index contributed by atoms with van der Waals surface area (Å²) in [5, 5.41) is 2.99. The monoisotopic (exact) mass is 338 g/mol. The average molecular weight is 338 g/mol. The summed E-state index contributed by atoms with van der Waals surface area (Å²) in [6.07, 6.45) is 3.41. The number of benzene rings is 1. The molecule has 25 heavy (non-hydrogen) atoms. The summed E-state index contributed by atoms with van der Waals surface area (Å²) >= 11 is 0. The molecule has 1 aromatic heterocycles. The molecule has 0 bridgehead atoms. The number of nitrogens with one attached hydrogen (secondary N) is 1. The minimum atomic E-state index is -0.322. The minimum absolute atomic E-state index is 0.0319. The summed E-state index contributed by atoms with van der Waals surface area (Å²) in [4.78, 5) is 30.5. The Hall–Kier alpha value is -2.89. The lowest BCUT2D eigenvalue weighted by molar-refractivity contribution is -0.122. The second-order valence-corrected chi connectivity index (χ2v) is 6.31. The van der Waals surface area contributed by atoms with Gasteiger partial charge in [0.25, 0.3) is 5.91 Å². The van der Waals surface area contributed by atoms with E-state index in [4.69, 9.17) is 5.73 Å². The van der Waals surface area contributed by atoms with Gasteiger partial charge in [0, 0.05) is 31.9 Å². The largest absolute Gasteiger partial charge is 0.384 e. The molecular formula is C19H22N4O2. The Morgan fingerprint density at radius 1 is 1.32 bits per heavy atom. The lowest BCUT2D eigenvalue weighted by Gasteiger charge is -2.31. The Labute approximate surface area is 147 Å². The smallest absolute Gasteiger partial charge is 0.253 e. The maximum absolute atomic E-state index is 12.6. The normalized spacial score (nSPS) is 16.4. The van der Waals surface area contributed by atoms with Crippen molar-refractivity contribution in [2.75, 3.05) is 25.9 Å². The van der Waals surface area contributed by atoms with Crippen molar-refractivity contribution in [1.82, 2.24) is 15.2 Å². The number of aryl methyl sites for hydroxylation is 1. The Balaban J connectivity index is 1.57. The van der Waals surface area contributed by atoms with Gasteiger partial charge in [-0.05, 0) is 36.1 Å². The summed E-state index contributed by atoms with van der Waals surface area (Å²) in [5.74, 6) is 0.113. The molecule has 2 amide bonds. The SMILES string of the molecule is CN1CC(C(=O)NCCCc2ccc(N)nc2)c2ccccc2C1=O. The van der Waals surface area contributed by atoms with Gasteiger partial charge in [-0.25, -0.2) is 4.98 Å². The van der Waals surface area contributed by atoms with Crippen molar-refractivity contribution in [3.63, 3.8) is 0 Å². The van der Waals surface area contributed by atoms with Gasteiger partial charge < -0.3 is 16.0 Å². The van der Waals surface area contributed by atoms with Crippen molar-refractivity contribution in [1.29, 1.82) is 0 Å². The quantitative estimate of drug-likeness (QED) is 0.810. The number of rotatable bonds is 5. The zero-order chi connectivity index (χ0) is 17.8. The van der Waals surface area contributed by atoms with Gasteiger partial charge in [0.05, 0.1) is 5.92 Å². The molecule has 1 aliphatic rings. The number of nitrogens with zero attached hydrogens (tertiary/aromatic N) is 2. The number of carbonyl (C=O) groups excluding carboxylic acids is 2. The number of fused-ring (bicyclic) bond motifs is 1. The summed E-state index contributed by atoms with van der Waals surface area (Å²) in [6, 6.07) is 11.1. The molecule has 3 N–H and O–H groups in total. The van der Waals surface area contributed by atoms with Crippen LogP contribution < -0.4 is 11.1 Å². The highest BCUT2D eigenvalue weighted by atomic mass is 16.2. The highest BCUT2D eigenvalue weighted by molar-refractivity contribution is 6.00. The van der Waals surface area contributed by atoms with Gasteiger partial charge in [-0.1, -0.05) is 24.3 Å². The van der Waals surface area contributed by atoms with Crippen LogP contribution in [0.5, 0.6) is 0 Å². The minimum Gasteiger partial charge on any atom is -0.384 e. The summed E-state index contributed by atoms with van der Waals surface area (Å²) < 4.78 is 0. The van der Waals surface area contributed by atoms with E-state index < -0.39 is 0 Å². The van der Waals surface area contributed by atoms with Gasteiger partial charge in [-0.3, -0.25) is 9.59 Å². The molecule has 6 heteroatoms. The Morgan fingerprint density at radius 2 is 2.12 bits per heavy atom. The maximum Gasteiger partial charge on any atom is 0.253 e. The number of hydrogen-bond donors (Lipinski definition) is 2. The predicted octanol–water partition coefficient (Wildman–Crippen LogP) is 1.58. The number of anilines is 1. The van der Waals surface area contributed by atoms with E-state index in [-0.39, 0.29) is 17.7 Å². The zero-order valence-corrected chi connectivity index (χ0v) is 14.2. The number of nitrogen functional groups attached to an aromatic ring is 1. The van der Waals surface area contributed by atoms with Crippen LogP contribution in [0.15, 0.2) is 42.6 Å². The van der Waals surface area contributed by atoms with E-state index in [1.54, 1.807) is 30.3 Å². The molecule has 1 aromatic carbocycles. The van der Waals surface area contributed by atoms with Gasteiger partial charge in [0.15, 0.2) is 0 Å². The first-order valence-electron chi connectivity index (χ1n) is 8.39. The fourth-order valence-corrected chi connectivity index (χ4v) is 3.09. The fraction of sp³-hybridized carbons (Fsp3) is 0.316. The lowest BCUT2D eigenvalue weighted by Crippen LogP contribution is -2.43. The number of carbonyl (C=O) groups is 2. The topological polar surface area (TPSA) is 88.3 Å². The molecule has 0 radical (unpaired) electrons. The first-order valence-corrected chi connectivity index (χ1v) is 8.39. The van der Waals surface area contributed by atoms with Crippen LogP contribution in [0.25, 0.3) is 0 Å². The van der Waals surface area contributed by atoms with Gasteiger partial charge >= 0.3 is 0 Å². The maximum atomic E-state index is 12.6. The average Bonchev–Trinajstić information content (AvgIpc) is 2.63. The lowest BCUT2D eigenvalue weighted by atomic mass is 9.89. The molecule has 6 nitrogen and oxygen atoms in total. The molecule has 0 aliphatic carbocycles. The van der Waals surface area contributed by atoms with E-state index in [0.29, 0.717) is 24.5 Å². The standard InChI is InChI=1S/C19H22N4O2/c1-23-12-16(14-6-2-3-7-15(14)19(23)25)18(24)21-10-4-5-13-8-9-17(20)22-11-13/h2-3,6-9,11,16H,4-5,10,12H2,1H3,(H2,20,22)(H,21,24). The second kappa shape index (κ2) is 7.34. The van der Waals surface area contributed by atoms with Crippen LogP contribution >= 0.6 is 0 Å². The van der Waals surface area contributed by atoms with Crippen LogP contribution in [0.2, 0.25) is 0 Å². The van der Waals surface area contributed by atoms with Crippen LogP contribution in [-0.2, 0) is 11.2 Å². The van der Waals surface area contributed by atoms with Crippen molar-refractivity contribution in [2.45, 2.75) is 18.8 Å². The molecule has 1 aliphatic heterocycles. The zero-order valence-electron chi connectivity index (χ0n) is 14.2. The molecule has 130 valence electrons. The number of aromatic nitrogens is 1. The number of hydrogen-bond acceptors (Lipinski definition) is 4. The molecule has 1 atom stereocenters. The van der Waals surface area contributed by atoms with Gasteiger partial charge in [0.1, 0.15) is 5.82 Å². The molecular weight excluding hydrogens is 316 g/mol. The van der Waals surface area contributed by atoms with E-state index in [2.05, 4.69) is 10.3 Å². The van der Waals surface area contributed by atoms with E-state index in [0.717, 1.165) is 24.0 Å². The third kappa shape index (κ3) is 3.79. The van der Waals surface area contributed by atoms with Gasteiger partial charge in [-0.2, -0.15) is 0 Å². The summed E-state index contributed by atoms with van der Waals surface area (Å²) in [5.41, 5.74) is 8.09. The van der Waals surface area contributed by atoms with E-state index in [1.165, 1.54) is 0 Å². The molecule has 0 fully saturated rings. The van der Waals surface area contributed by atoms with E-state index in [9.17, 15) is 9.59 Å². The third-order valence-electron chi connectivity index (χ3n) is 4.48. The Kier molecular flexibility index (Phi) is 4.97. The molecule has 0 spiro atoms. The summed E-state index contributed by atoms with van der Waals surface area (Å²) in [6.45, 7) is 0.989. The summed E-state index contributed by atoms with van der Waals surface area (Å²) in [7, 11) is 1.73. The molecule has 3 rings (SSSR count). The van der Waals surface area contributed by atoms with Gasteiger partial charge in [-0.15, -0.1) is 0 Å². The van der Waals surface area contributed by atoms with Crippen LogP contribution in [0.1, 0.15) is 33.8 Å². The predicted molar refractivity (Wildman–Crippen MR) is 96.1 cm³/mol. The van der Waals surface area contributed by atoms with Crippen LogP contribution in [0, 0.1) is 0 Å². The van der Waals surface area contributed by atoms with Crippen molar-refractivity contribution in [3.05, 3.63) is 59.3 Å². The molecule has 0 saturated heterocycles. The molecule has 2 heterocycles. The van der Waals surface area contributed by atoms with Crippen LogP contribution in [0.4, 0.5) is 5.82 Å². The molecule has 1 unspecified atom stereocenters. The highest BCUT2D eigenvalue weighted by Gasteiger charge is 2.32.